The Morgan fingerprint density at radius 1 is 0.792 bits per heavy atom. The number of alkyl halides is 3. The number of nitrogens with two attached hydrogens (primary N) is 1. The van der Waals surface area contributed by atoms with E-state index in [-0.39, 0.29) is 5.97 Å². The van der Waals surface area contributed by atoms with E-state index in [0.717, 1.165) is 33.3 Å². The summed E-state index contributed by atoms with van der Waals surface area (Å²) in [6.45, 7) is 5.89. The Hall–Kier alpha value is -5.98. The lowest BCUT2D eigenvalue weighted by molar-refractivity contribution is -0.156. The molecule has 13 heteroatoms. The molecule has 3 N–H and O–H groups in total. The lowest BCUT2D eigenvalue weighted by Gasteiger charge is -2.12. The average Bonchev–Trinajstić information content (AvgIpc) is 3.08. The highest BCUT2D eigenvalue weighted by molar-refractivity contribution is 5.92. The van der Waals surface area contributed by atoms with Crippen LogP contribution in [0.4, 0.5) is 30.5 Å². The number of hydrogen-bond donors (Lipinski definition) is 2. The van der Waals surface area contributed by atoms with Crippen molar-refractivity contribution < 1.29 is 41.8 Å². The van der Waals surface area contributed by atoms with E-state index in [1.807, 2.05) is 50.2 Å². The van der Waals surface area contributed by atoms with Gasteiger partial charge in [-0.05, 0) is 73.2 Å². The lowest BCUT2D eigenvalue weighted by atomic mass is 10.1. The van der Waals surface area contributed by atoms with Gasteiger partial charge in [-0.25, -0.2) is 14.6 Å². The van der Waals surface area contributed by atoms with Gasteiger partial charge >= 0.3 is 18.1 Å². The van der Waals surface area contributed by atoms with Crippen LogP contribution in [-0.2, 0) is 14.3 Å². The van der Waals surface area contributed by atoms with Gasteiger partial charge in [0.1, 0.15) is 5.75 Å². The number of anilines is 3. The summed E-state index contributed by atoms with van der Waals surface area (Å²) in [6.07, 6.45) is -4.08. The molecule has 0 aliphatic carbocycles. The summed E-state index contributed by atoms with van der Waals surface area (Å²) in [5.41, 5.74) is 11.0. The number of ether oxygens (including phenoxy) is 3. The molecular weight excluding hydrogens is 629 g/mol. The Bertz CT molecular complexity index is 1910. The van der Waals surface area contributed by atoms with Crippen molar-refractivity contribution in [2.75, 3.05) is 25.3 Å². The van der Waals surface area contributed by atoms with Gasteiger partial charge in [0.15, 0.2) is 0 Å². The van der Waals surface area contributed by atoms with E-state index >= 15 is 0 Å². The van der Waals surface area contributed by atoms with Gasteiger partial charge in [-0.1, -0.05) is 42.5 Å². The fourth-order valence-corrected chi connectivity index (χ4v) is 4.09. The molecule has 10 nitrogen and oxygen atoms in total. The van der Waals surface area contributed by atoms with Crippen molar-refractivity contribution in [3.8, 4) is 11.6 Å². The molecular formula is C35H33F3N4O6. The molecule has 0 fully saturated rings. The Morgan fingerprint density at radius 3 is 1.94 bits per heavy atom. The van der Waals surface area contributed by atoms with Crippen molar-refractivity contribution in [1.82, 2.24) is 9.97 Å². The molecule has 0 atom stereocenters. The number of nitrogen functional groups attached to an aromatic ring is 1. The largest absolute Gasteiger partial charge is 0.465 e. The molecule has 0 spiro atoms. The number of rotatable bonds is 6. The second-order valence-corrected chi connectivity index (χ2v) is 10.1. The van der Waals surface area contributed by atoms with Crippen LogP contribution in [0, 0.1) is 20.8 Å². The number of aldehydes is 1. The van der Waals surface area contributed by atoms with Crippen molar-refractivity contribution in [2.24, 2.45) is 0 Å². The van der Waals surface area contributed by atoms with E-state index in [1.165, 1.54) is 19.8 Å². The van der Waals surface area contributed by atoms with Gasteiger partial charge in [-0.3, -0.25) is 4.79 Å². The summed E-state index contributed by atoms with van der Waals surface area (Å²) in [6, 6.07) is 24.1. The molecule has 0 aliphatic rings. The zero-order valence-corrected chi connectivity index (χ0v) is 26.7. The molecule has 1 heterocycles. The maximum absolute atomic E-state index is 11.8. The van der Waals surface area contributed by atoms with Gasteiger partial charge in [-0.2, -0.15) is 18.2 Å². The fraction of sp³-hybridized carbons (Fsp3) is 0.171. The molecule has 0 saturated carbocycles. The molecule has 0 bridgehead atoms. The number of halogens is 3. The van der Waals surface area contributed by atoms with Crippen LogP contribution in [0.2, 0.25) is 0 Å². The number of nitrogens with zero attached hydrogens (tertiary/aromatic N) is 2. The maximum Gasteiger partial charge on any atom is 0.446 e. The number of fused-ring (bicyclic) bond motifs is 1. The van der Waals surface area contributed by atoms with Crippen molar-refractivity contribution in [2.45, 2.75) is 26.9 Å². The highest BCUT2D eigenvalue weighted by Crippen LogP contribution is 2.31. The van der Waals surface area contributed by atoms with E-state index in [4.69, 9.17) is 20.0 Å². The molecule has 0 radical (unpaired) electrons. The number of carbonyl (C=O) groups excluding carboxylic acids is 3. The van der Waals surface area contributed by atoms with Gasteiger partial charge in [0.05, 0.1) is 25.3 Å². The smallest absolute Gasteiger partial charge is 0.446 e. The van der Waals surface area contributed by atoms with Crippen LogP contribution in [0.3, 0.4) is 0 Å². The van der Waals surface area contributed by atoms with Gasteiger partial charge in [0, 0.05) is 29.0 Å². The molecule has 0 aliphatic heterocycles. The Labute approximate surface area is 274 Å². The summed E-state index contributed by atoms with van der Waals surface area (Å²) in [5, 5.41) is 5.31. The van der Waals surface area contributed by atoms with Crippen molar-refractivity contribution >= 4 is 46.3 Å². The average molecular weight is 663 g/mol. The molecule has 5 rings (SSSR count). The monoisotopic (exact) mass is 662 g/mol. The zero-order valence-electron chi connectivity index (χ0n) is 26.7. The molecule has 1 aromatic heterocycles. The summed E-state index contributed by atoms with van der Waals surface area (Å²) in [5.74, 6) is 0.756. The van der Waals surface area contributed by atoms with Crippen LogP contribution in [0.5, 0.6) is 11.6 Å². The SMILES string of the molecule is COC(=O)c1ccc(C)c(N)c1.COC(=O)c1ccc(C)c(Nc2nccc(Oc3ccc(C)c4ccccc34)n2)c1.O=CC(F)(F)F. The predicted octanol–water partition coefficient (Wildman–Crippen LogP) is 7.68. The minimum Gasteiger partial charge on any atom is -0.465 e. The Balaban J connectivity index is 0.000000286. The third-order valence-electron chi connectivity index (χ3n) is 6.69. The maximum atomic E-state index is 11.8. The van der Waals surface area contributed by atoms with Crippen LogP contribution in [0.15, 0.2) is 85.1 Å². The van der Waals surface area contributed by atoms with E-state index in [2.05, 4.69) is 33.0 Å². The number of aromatic nitrogens is 2. The van der Waals surface area contributed by atoms with Gasteiger partial charge in [-0.15, -0.1) is 0 Å². The highest BCUT2D eigenvalue weighted by Gasteiger charge is 2.25. The number of aryl methyl sites for hydroxylation is 3. The summed E-state index contributed by atoms with van der Waals surface area (Å²) in [7, 11) is 2.70. The molecule has 0 unspecified atom stereocenters. The molecule has 4 aromatic carbocycles. The number of carbonyl (C=O) groups is 3. The zero-order chi connectivity index (χ0) is 35.4. The highest BCUT2D eigenvalue weighted by atomic mass is 19.4. The second kappa shape index (κ2) is 16.5. The molecule has 0 saturated heterocycles. The van der Waals surface area contributed by atoms with Crippen LogP contribution in [0.25, 0.3) is 10.8 Å². The van der Waals surface area contributed by atoms with Crippen LogP contribution in [-0.4, -0.2) is 48.6 Å². The van der Waals surface area contributed by atoms with Crippen molar-refractivity contribution in [1.29, 1.82) is 0 Å². The lowest BCUT2D eigenvalue weighted by Crippen LogP contribution is -2.07. The molecule has 48 heavy (non-hydrogen) atoms. The first-order chi connectivity index (χ1) is 22.8. The first kappa shape index (κ1) is 36.5. The van der Waals surface area contributed by atoms with Gasteiger partial charge in [0.25, 0.3) is 0 Å². The summed E-state index contributed by atoms with van der Waals surface area (Å²) < 4.78 is 46.6. The number of benzene rings is 4. The van der Waals surface area contributed by atoms with Crippen molar-refractivity contribution in [3.63, 3.8) is 0 Å². The Kier molecular flexibility index (Phi) is 12.6. The third-order valence-corrected chi connectivity index (χ3v) is 6.69. The Morgan fingerprint density at radius 2 is 1.35 bits per heavy atom. The first-order valence-corrected chi connectivity index (χ1v) is 14.2. The minimum atomic E-state index is -4.64. The predicted molar refractivity (Wildman–Crippen MR) is 176 cm³/mol. The molecule has 0 amide bonds. The molecule has 5 aromatic rings. The first-order valence-electron chi connectivity index (χ1n) is 14.2. The van der Waals surface area contributed by atoms with E-state index in [9.17, 15) is 22.8 Å². The van der Waals surface area contributed by atoms with Crippen LogP contribution >= 0.6 is 0 Å². The minimum absolute atomic E-state index is 0.360. The molecule has 250 valence electrons. The fourth-order valence-electron chi connectivity index (χ4n) is 4.09. The standard InChI is InChI=1S/C24H21N3O3.C9H11NO2.C2HF3O/c1-15-9-11-21(19-7-5-4-6-18(15)19)30-22-12-13-25-24(27-22)26-20-14-17(23(28)29-3)10-8-16(20)2;1-6-3-4-7(5-8(6)10)9(11)12-2;3-2(4,5)1-6/h4-14H,1-3H3,(H,25,26,27);3-5H,10H2,1-2H3;1H. The van der Waals surface area contributed by atoms with E-state index in [1.54, 1.807) is 42.6 Å². The second-order valence-electron chi connectivity index (χ2n) is 10.1. The van der Waals surface area contributed by atoms with Crippen molar-refractivity contribution in [3.05, 3.63) is 113 Å². The third kappa shape index (κ3) is 10.3. The topological polar surface area (TPSA) is 143 Å². The quantitative estimate of drug-likeness (QED) is 0.106. The normalized spacial score (nSPS) is 10.4. The summed E-state index contributed by atoms with van der Waals surface area (Å²) in [4.78, 5) is 40.3. The summed E-state index contributed by atoms with van der Waals surface area (Å²) >= 11 is 0. The van der Waals surface area contributed by atoms with Crippen LogP contribution in [0.1, 0.15) is 37.4 Å². The van der Waals surface area contributed by atoms with E-state index < -0.39 is 18.4 Å². The van der Waals surface area contributed by atoms with Gasteiger partial charge < -0.3 is 25.3 Å². The van der Waals surface area contributed by atoms with Gasteiger partial charge in [0.2, 0.25) is 18.1 Å². The van der Waals surface area contributed by atoms with E-state index in [0.29, 0.717) is 28.6 Å². The number of hydrogen-bond acceptors (Lipinski definition) is 10. The number of esters is 2. The van der Waals surface area contributed by atoms with Crippen LogP contribution < -0.4 is 15.8 Å². The number of methoxy groups -OCH3 is 2. The number of nitrogens with one attached hydrogen (secondary N) is 1.